The zero-order valence-corrected chi connectivity index (χ0v) is 19.8. The first kappa shape index (κ1) is 23.7. The van der Waals surface area contributed by atoms with Crippen molar-refractivity contribution in [2.24, 2.45) is 16.3 Å². The summed E-state index contributed by atoms with van der Waals surface area (Å²) in [5, 5.41) is 7.01. The number of ether oxygens (including phenoxy) is 1. The van der Waals surface area contributed by atoms with Gasteiger partial charge in [-0.3, -0.25) is 9.89 Å². The number of piperazine rings is 1. The van der Waals surface area contributed by atoms with E-state index in [2.05, 4.69) is 56.2 Å². The molecule has 0 aromatic carbocycles. The van der Waals surface area contributed by atoms with E-state index >= 15 is 0 Å². The number of nitrogens with one attached hydrogen (secondary N) is 2. The molecule has 0 aliphatic carbocycles. The number of guanidine groups is 1. The molecule has 2 atom stereocenters. The van der Waals surface area contributed by atoms with Crippen molar-refractivity contribution in [1.82, 2.24) is 25.5 Å². The van der Waals surface area contributed by atoms with Crippen LogP contribution in [0, 0.1) is 11.3 Å². The standard InChI is InChI=1S/C23H41N7O/c1-23(2,3)20-19(8-5-17-31-20)18-28-21(24-4)25-11-7-12-29-13-15-30(16-14-29)22-26-9-6-10-27-22/h6,9-10,19-20H,5,7-8,11-18H2,1-4H3,(H2,24,25,28). The first-order chi connectivity index (χ1) is 15.0. The normalized spacial score (nSPS) is 23.6. The molecular weight excluding hydrogens is 390 g/mol. The molecule has 8 heteroatoms. The molecule has 8 nitrogen and oxygen atoms in total. The van der Waals surface area contributed by atoms with E-state index in [4.69, 9.17) is 4.74 Å². The highest BCUT2D eigenvalue weighted by atomic mass is 16.5. The fourth-order valence-electron chi connectivity index (χ4n) is 4.59. The van der Waals surface area contributed by atoms with Crippen molar-refractivity contribution in [2.75, 3.05) is 64.4 Å². The molecule has 1 aromatic heterocycles. The molecule has 2 aliphatic heterocycles. The highest BCUT2D eigenvalue weighted by molar-refractivity contribution is 5.79. The predicted octanol–water partition coefficient (Wildman–Crippen LogP) is 2.00. The van der Waals surface area contributed by atoms with E-state index in [0.29, 0.717) is 12.0 Å². The van der Waals surface area contributed by atoms with E-state index in [1.165, 1.54) is 6.42 Å². The molecule has 174 valence electrons. The lowest BCUT2D eigenvalue weighted by molar-refractivity contribution is -0.0835. The van der Waals surface area contributed by atoms with Crippen LogP contribution in [-0.2, 0) is 4.74 Å². The number of nitrogens with zero attached hydrogens (tertiary/aromatic N) is 5. The Morgan fingerprint density at radius 2 is 1.90 bits per heavy atom. The Kier molecular flexibility index (Phi) is 8.90. The lowest BCUT2D eigenvalue weighted by Crippen LogP contribution is -2.48. The van der Waals surface area contributed by atoms with Crippen molar-refractivity contribution in [2.45, 2.75) is 46.1 Å². The second kappa shape index (κ2) is 11.6. The van der Waals surface area contributed by atoms with Crippen molar-refractivity contribution < 1.29 is 4.74 Å². The minimum Gasteiger partial charge on any atom is -0.377 e. The number of aromatic nitrogens is 2. The van der Waals surface area contributed by atoms with Crippen molar-refractivity contribution in [3.63, 3.8) is 0 Å². The predicted molar refractivity (Wildman–Crippen MR) is 127 cm³/mol. The van der Waals surface area contributed by atoms with Gasteiger partial charge in [0.25, 0.3) is 0 Å². The van der Waals surface area contributed by atoms with Crippen molar-refractivity contribution >= 4 is 11.9 Å². The van der Waals surface area contributed by atoms with E-state index in [1.807, 2.05) is 25.5 Å². The molecule has 1 aromatic rings. The number of hydrogen-bond donors (Lipinski definition) is 2. The first-order valence-corrected chi connectivity index (χ1v) is 11.8. The molecule has 3 rings (SSSR count). The molecule has 0 amide bonds. The van der Waals surface area contributed by atoms with Crippen LogP contribution in [0.25, 0.3) is 0 Å². The third-order valence-electron chi connectivity index (χ3n) is 6.20. The molecule has 3 heterocycles. The van der Waals surface area contributed by atoms with E-state index in [1.54, 1.807) is 0 Å². The van der Waals surface area contributed by atoms with Crippen molar-refractivity contribution in [3.05, 3.63) is 18.5 Å². The largest absolute Gasteiger partial charge is 0.377 e. The summed E-state index contributed by atoms with van der Waals surface area (Å²) in [4.78, 5) is 17.9. The molecular formula is C23H41N7O. The number of rotatable bonds is 7. The van der Waals surface area contributed by atoms with Crippen LogP contribution in [0.2, 0.25) is 0 Å². The summed E-state index contributed by atoms with van der Waals surface area (Å²) in [6.45, 7) is 14.7. The molecule has 2 unspecified atom stereocenters. The Balaban J connectivity index is 1.32. The Morgan fingerprint density at radius 1 is 1.16 bits per heavy atom. The summed E-state index contributed by atoms with van der Waals surface area (Å²) in [6, 6.07) is 1.86. The fourth-order valence-corrected chi connectivity index (χ4v) is 4.59. The van der Waals surface area contributed by atoms with E-state index in [-0.39, 0.29) is 5.41 Å². The Bertz CT molecular complexity index is 668. The average Bonchev–Trinajstić information content (AvgIpc) is 2.79. The van der Waals surface area contributed by atoms with Crippen LogP contribution in [-0.4, -0.2) is 86.4 Å². The van der Waals surface area contributed by atoms with Gasteiger partial charge < -0.3 is 20.3 Å². The van der Waals surface area contributed by atoms with Gasteiger partial charge in [-0.2, -0.15) is 0 Å². The molecule has 0 spiro atoms. The van der Waals surface area contributed by atoms with Crippen LogP contribution >= 0.6 is 0 Å². The average molecular weight is 432 g/mol. The summed E-state index contributed by atoms with van der Waals surface area (Å²) < 4.78 is 6.11. The Morgan fingerprint density at radius 3 is 2.58 bits per heavy atom. The van der Waals surface area contributed by atoms with Crippen molar-refractivity contribution in [1.29, 1.82) is 0 Å². The molecule has 0 bridgehead atoms. The van der Waals surface area contributed by atoms with Gasteiger partial charge in [0.15, 0.2) is 5.96 Å². The maximum absolute atomic E-state index is 6.11. The highest BCUT2D eigenvalue weighted by Gasteiger charge is 2.35. The van der Waals surface area contributed by atoms with Gasteiger partial charge in [0.1, 0.15) is 0 Å². The zero-order chi connectivity index (χ0) is 22.1. The molecule has 2 N–H and O–H groups in total. The van der Waals surface area contributed by atoms with Crippen LogP contribution < -0.4 is 15.5 Å². The molecule has 2 aliphatic rings. The lowest BCUT2D eigenvalue weighted by Gasteiger charge is -2.40. The summed E-state index contributed by atoms with van der Waals surface area (Å²) in [6.07, 6.45) is 7.38. The molecule has 0 saturated carbocycles. The van der Waals surface area contributed by atoms with Gasteiger partial charge in [-0.25, -0.2) is 9.97 Å². The monoisotopic (exact) mass is 431 g/mol. The fraction of sp³-hybridized carbons (Fsp3) is 0.783. The van der Waals surface area contributed by atoms with Gasteiger partial charge >= 0.3 is 0 Å². The first-order valence-electron chi connectivity index (χ1n) is 11.8. The van der Waals surface area contributed by atoms with Crippen LogP contribution in [0.3, 0.4) is 0 Å². The minimum atomic E-state index is 0.167. The van der Waals surface area contributed by atoms with Crippen LogP contribution in [0.15, 0.2) is 23.5 Å². The summed E-state index contributed by atoms with van der Waals surface area (Å²) in [7, 11) is 1.85. The van der Waals surface area contributed by atoms with Gasteiger partial charge in [-0.15, -0.1) is 0 Å². The van der Waals surface area contributed by atoms with Gasteiger partial charge in [0, 0.05) is 71.2 Å². The van der Waals surface area contributed by atoms with Gasteiger partial charge in [-0.05, 0) is 37.3 Å². The minimum absolute atomic E-state index is 0.167. The molecule has 2 saturated heterocycles. The van der Waals surface area contributed by atoms with Gasteiger partial charge in [-0.1, -0.05) is 20.8 Å². The number of aliphatic imine (C=N–C) groups is 1. The molecule has 2 fully saturated rings. The molecule has 0 radical (unpaired) electrons. The summed E-state index contributed by atoms with van der Waals surface area (Å²) in [5.41, 5.74) is 0.167. The second-order valence-corrected chi connectivity index (χ2v) is 9.67. The Hall–Kier alpha value is -1.93. The quantitative estimate of drug-likeness (QED) is 0.388. The Labute approximate surface area is 187 Å². The third kappa shape index (κ3) is 7.31. The maximum atomic E-state index is 6.11. The molecule has 31 heavy (non-hydrogen) atoms. The maximum Gasteiger partial charge on any atom is 0.225 e. The van der Waals surface area contributed by atoms with Crippen LogP contribution in [0.4, 0.5) is 5.95 Å². The SMILES string of the molecule is CN=C(NCCCN1CCN(c2ncccn2)CC1)NCC1CCCOC1C(C)(C)C. The van der Waals surface area contributed by atoms with Crippen molar-refractivity contribution in [3.8, 4) is 0 Å². The summed E-state index contributed by atoms with van der Waals surface area (Å²) >= 11 is 0. The number of anilines is 1. The third-order valence-corrected chi connectivity index (χ3v) is 6.20. The highest BCUT2D eigenvalue weighted by Crippen LogP contribution is 2.33. The smallest absolute Gasteiger partial charge is 0.225 e. The van der Waals surface area contributed by atoms with E-state index < -0.39 is 0 Å². The topological polar surface area (TPSA) is 77.9 Å². The second-order valence-electron chi connectivity index (χ2n) is 9.67. The summed E-state index contributed by atoms with van der Waals surface area (Å²) in [5.74, 6) is 2.26. The van der Waals surface area contributed by atoms with Gasteiger partial charge in [0.2, 0.25) is 5.95 Å². The van der Waals surface area contributed by atoms with Crippen LogP contribution in [0.5, 0.6) is 0 Å². The van der Waals surface area contributed by atoms with E-state index in [9.17, 15) is 0 Å². The zero-order valence-electron chi connectivity index (χ0n) is 19.8. The van der Waals surface area contributed by atoms with Crippen LogP contribution in [0.1, 0.15) is 40.0 Å². The lowest BCUT2D eigenvalue weighted by atomic mass is 9.78. The van der Waals surface area contributed by atoms with E-state index in [0.717, 1.165) is 77.2 Å². The van der Waals surface area contributed by atoms with Gasteiger partial charge in [0.05, 0.1) is 6.10 Å². The number of hydrogen-bond acceptors (Lipinski definition) is 6.